The number of rotatable bonds is 8. The SMILES string of the molecule is COCC(O)CNS(=O)(=O)c1cc(N)c(OC)cc1OC. The van der Waals surface area contributed by atoms with E-state index in [0.717, 1.165) is 0 Å². The summed E-state index contributed by atoms with van der Waals surface area (Å²) in [6, 6.07) is 2.62. The van der Waals surface area contributed by atoms with E-state index in [4.69, 9.17) is 19.9 Å². The Morgan fingerprint density at radius 3 is 2.38 bits per heavy atom. The maximum absolute atomic E-state index is 12.2. The third-order valence-corrected chi connectivity index (χ3v) is 4.12. The van der Waals surface area contributed by atoms with E-state index >= 15 is 0 Å². The van der Waals surface area contributed by atoms with Crippen molar-refractivity contribution in [3.63, 3.8) is 0 Å². The number of anilines is 1. The molecule has 0 radical (unpaired) electrons. The average molecular weight is 320 g/mol. The predicted octanol–water partition coefficient (Wildman–Crippen LogP) is -0.428. The van der Waals surface area contributed by atoms with Gasteiger partial charge in [0.05, 0.1) is 32.6 Å². The molecule has 0 saturated carbocycles. The van der Waals surface area contributed by atoms with E-state index in [1.807, 2.05) is 0 Å². The molecule has 21 heavy (non-hydrogen) atoms. The summed E-state index contributed by atoms with van der Waals surface area (Å²) in [6.07, 6.45) is -0.952. The van der Waals surface area contributed by atoms with Crippen LogP contribution in [0.3, 0.4) is 0 Å². The molecule has 0 aliphatic carbocycles. The van der Waals surface area contributed by atoms with Crippen molar-refractivity contribution >= 4 is 15.7 Å². The summed E-state index contributed by atoms with van der Waals surface area (Å²) in [5.74, 6) is 0.403. The number of nitrogens with two attached hydrogens (primary N) is 1. The summed E-state index contributed by atoms with van der Waals surface area (Å²) >= 11 is 0. The van der Waals surface area contributed by atoms with Crippen LogP contribution in [0.4, 0.5) is 5.69 Å². The molecule has 0 heterocycles. The van der Waals surface area contributed by atoms with Gasteiger partial charge < -0.3 is 25.1 Å². The molecule has 1 rings (SSSR count). The highest BCUT2D eigenvalue weighted by atomic mass is 32.2. The maximum atomic E-state index is 12.2. The number of methoxy groups -OCH3 is 3. The van der Waals surface area contributed by atoms with Crippen molar-refractivity contribution in [1.82, 2.24) is 4.72 Å². The number of aliphatic hydroxyl groups excluding tert-OH is 1. The first-order valence-electron chi connectivity index (χ1n) is 6.03. The second kappa shape index (κ2) is 7.46. The lowest BCUT2D eigenvalue weighted by Crippen LogP contribution is -2.34. The van der Waals surface area contributed by atoms with Crippen LogP contribution in [0, 0.1) is 0 Å². The Balaban J connectivity index is 3.05. The average Bonchev–Trinajstić information content (AvgIpc) is 2.45. The van der Waals surface area contributed by atoms with Gasteiger partial charge in [-0.1, -0.05) is 0 Å². The molecule has 0 amide bonds. The number of benzene rings is 1. The molecule has 0 bridgehead atoms. The number of nitrogen functional groups attached to an aromatic ring is 1. The van der Waals surface area contributed by atoms with Crippen LogP contribution in [-0.2, 0) is 14.8 Å². The predicted molar refractivity (Wildman–Crippen MR) is 77.0 cm³/mol. The molecule has 0 spiro atoms. The number of sulfonamides is 1. The Kier molecular flexibility index (Phi) is 6.21. The lowest BCUT2D eigenvalue weighted by molar-refractivity contribution is 0.0679. The summed E-state index contributed by atoms with van der Waals surface area (Å²) in [7, 11) is 0.270. The van der Waals surface area contributed by atoms with Crippen LogP contribution in [-0.4, -0.2) is 54.1 Å². The number of hydrogen-bond donors (Lipinski definition) is 3. The van der Waals surface area contributed by atoms with Gasteiger partial charge in [-0.15, -0.1) is 0 Å². The van der Waals surface area contributed by atoms with E-state index in [9.17, 15) is 13.5 Å². The molecular formula is C12H20N2O6S. The van der Waals surface area contributed by atoms with Gasteiger partial charge in [0.15, 0.2) is 0 Å². The molecule has 0 aliphatic heterocycles. The number of aliphatic hydroxyl groups is 1. The third kappa shape index (κ3) is 4.46. The molecule has 120 valence electrons. The number of nitrogens with one attached hydrogen (secondary N) is 1. The topological polar surface area (TPSA) is 120 Å². The van der Waals surface area contributed by atoms with Gasteiger partial charge in [0.2, 0.25) is 10.0 Å². The van der Waals surface area contributed by atoms with Crippen molar-refractivity contribution < 1.29 is 27.7 Å². The minimum absolute atomic E-state index is 0.0183. The van der Waals surface area contributed by atoms with Gasteiger partial charge in [0.25, 0.3) is 0 Å². The van der Waals surface area contributed by atoms with Crippen LogP contribution in [0.5, 0.6) is 11.5 Å². The highest BCUT2D eigenvalue weighted by molar-refractivity contribution is 7.89. The molecular weight excluding hydrogens is 300 g/mol. The van der Waals surface area contributed by atoms with Crippen LogP contribution >= 0.6 is 0 Å². The molecule has 4 N–H and O–H groups in total. The van der Waals surface area contributed by atoms with Gasteiger partial charge in [-0.2, -0.15) is 0 Å². The molecule has 9 heteroatoms. The zero-order valence-electron chi connectivity index (χ0n) is 12.1. The number of ether oxygens (including phenoxy) is 3. The normalized spacial score (nSPS) is 13.0. The monoisotopic (exact) mass is 320 g/mol. The van der Waals surface area contributed by atoms with Gasteiger partial charge in [-0.25, -0.2) is 13.1 Å². The summed E-state index contributed by atoms with van der Waals surface area (Å²) in [5, 5.41) is 9.49. The molecule has 1 aromatic carbocycles. The minimum atomic E-state index is -3.89. The first-order chi connectivity index (χ1) is 9.85. The highest BCUT2D eigenvalue weighted by Crippen LogP contribution is 2.33. The minimum Gasteiger partial charge on any atom is -0.495 e. The summed E-state index contributed by atoms with van der Waals surface area (Å²) in [4.78, 5) is -0.132. The Labute approximate surface area is 123 Å². The maximum Gasteiger partial charge on any atom is 0.244 e. The summed E-state index contributed by atoms with van der Waals surface area (Å²) < 4.78 is 41.5. The highest BCUT2D eigenvalue weighted by Gasteiger charge is 2.22. The Morgan fingerprint density at radius 1 is 1.24 bits per heavy atom. The van der Waals surface area contributed by atoms with Crippen LogP contribution in [0.1, 0.15) is 0 Å². The van der Waals surface area contributed by atoms with Crippen LogP contribution in [0.2, 0.25) is 0 Å². The van der Waals surface area contributed by atoms with Crippen LogP contribution in [0.15, 0.2) is 17.0 Å². The first-order valence-corrected chi connectivity index (χ1v) is 7.52. The summed E-state index contributed by atoms with van der Waals surface area (Å²) in [5.41, 5.74) is 5.88. The number of hydrogen-bond acceptors (Lipinski definition) is 7. The molecule has 1 unspecified atom stereocenters. The molecule has 0 fully saturated rings. The van der Waals surface area contributed by atoms with Gasteiger partial charge in [0, 0.05) is 19.7 Å². The molecule has 8 nitrogen and oxygen atoms in total. The smallest absolute Gasteiger partial charge is 0.244 e. The third-order valence-electron chi connectivity index (χ3n) is 2.67. The van der Waals surface area contributed by atoms with Crippen molar-refractivity contribution in [3.8, 4) is 11.5 Å². The lowest BCUT2D eigenvalue weighted by Gasteiger charge is -2.15. The summed E-state index contributed by atoms with van der Waals surface area (Å²) in [6.45, 7) is -0.171. The second-order valence-corrected chi connectivity index (χ2v) is 5.94. The molecule has 1 atom stereocenters. The molecule has 0 aliphatic rings. The second-order valence-electron chi connectivity index (χ2n) is 4.21. The van der Waals surface area contributed by atoms with Gasteiger partial charge in [0.1, 0.15) is 16.4 Å². The fourth-order valence-electron chi connectivity index (χ4n) is 1.64. The Morgan fingerprint density at radius 2 is 1.86 bits per heavy atom. The van der Waals surface area contributed by atoms with Crippen molar-refractivity contribution in [3.05, 3.63) is 12.1 Å². The largest absolute Gasteiger partial charge is 0.495 e. The molecule has 1 aromatic rings. The van der Waals surface area contributed by atoms with Crippen LogP contribution < -0.4 is 19.9 Å². The van der Waals surface area contributed by atoms with Crippen LogP contribution in [0.25, 0.3) is 0 Å². The quantitative estimate of drug-likeness (QED) is 0.556. The standard InChI is InChI=1S/C12H20N2O6S/c1-18-7-8(15)6-14-21(16,17)12-4-9(13)10(19-2)5-11(12)20-3/h4-5,8,14-15H,6-7,13H2,1-3H3. The van der Waals surface area contributed by atoms with Crippen molar-refractivity contribution in [2.24, 2.45) is 0 Å². The first kappa shape index (κ1) is 17.5. The molecule has 0 saturated heterocycles. The molecule has 0 aromatic heterocycles. The van der Waals surface area contributed by atoms with E-state index in [1.54, 1.807) is 0 Å². The zero-order valence-corrected chi connectivity index (χ0v) is 12.9. The van der Waals surface area contributed by atoms with E-state index in [1.165, 1.54) is 33.5 Å². The zero-order chi connectivity index (χ0) is 16.0. The van der Waals surface area contributed by atoms with E-state index in [2.05, 4.69) is 4.72 Å². The van der Waals surface area contributed by atoms with E-state index < -0.39 is 16.1 Å². The van der Waals surface area contributed by atoms with E-state index in [0.29, 0.717) is 5.75 Å². The van der Waals surface area contributed by atoms with Gasteiger partial charge in [-0.05, 0) is 6.07 Å². The van der Waals surface area contributed by atoms with Crippen molar-refractivity contribution in [2.45, 2.75) is 11.0 Å². The Hall–Kier alpha value is -1.55. The van der Waals surface area contributed by atoms with Crippen molar-refractivity contribution in [2.75, 3.05) is 40.2 Å². The van der Waals surface area contributed by atoms with E-state index in [-0.39, 0.29) is 29.5 Å². The lowest BCUT2D eigenvalue weighted by atomic mass is 10.3. The van der Waals surface area contributed by atoms with Gasteiger partial charge in [-0.3, -0.25) is 0 Å². The fourth-order valence-corrected chi connectivity index (χ4v) is 2.89. The van der Waals surface area contributed by atoms with Gasteiger partial charge >= 0.3 is 0 Å². The Bertz CT molecular complexity index is 575. The fraction of sp³-hybridized carbons (Fsp3) is 0.500. The van der Waals surface area contributed by atoms with Crippen molar-refractivity contribution in [1.29, 1.82) is 0 Å².